The lowest BCUT2D eigenvalue weighted by Gasteiger charge is -2.28. The largest absolute Gasteiger partial charge is 0.360 e. The minimum atomic E-state index is 0.106. The summed E-state index contributed by atoms with van der Waals surface area (Å²) in [6, 6.07) is 52.8. The van der Waals surface area contributed by atoms with Crippen molar-refractivity contribution in [2.75, 3.05) is 0 Å². The van der Waals surface area contributed by atoms with Crippen LogP contribution in [0.2, 0.25) is 0 Å². The summed E-state index contributed by atoms with van der Waals surface area (Å²) < 4.78 is 0. The van der Waals surface area contributed by atoms with Crippen LogP contribution in [0.25, 0.3) is 66.0 Å². The van der Waals surface area contributed by atoms with Gasteiger partial charge in [-0.2, -0.15) is 0 Å². The first-order valence-electron chi connectivity index (χ1n) is 15.6. The van der Waals surface area contributed by atoms with Gasteiger partial charge >= 0.3 is 0 Å². The maximum absolute atomic E-state index is 3.73. The van der Waals surface area contributed by atoms with Crippen LogP contribution in [-0.4, -0.2) is 11.1 Å². The van der Waals surface area contributed by atoms with Gasteiger partial charge in [0.25, 0.3) is 0 Å². The third-order valence-electron chi connectivity index (χ3n) is 9.24. The summed E-state index contributed by atoms with van der Waals surface area (Å²) in [7, 11) is 0. The molecule has 212 valence electrons. The van der Waals surface area contributed by atoms with Gasteiger partial charge < -0.3 is 10.2 Å². The van der Waals surface area contributed by atoms with Gasteiger partial charge in [-0.1, -0.05) is 152 Å². The molecule has 0 radical (unpaired) electrons. The summed E-state index contributed by atoms with van der Waals surface area (Å²) in [5.41, 5.74) is 9.78. The molecule has 1 unspecified atom stereocenters. The second-order valence-electron chi connectivity index (χ2n) is 11.8. The number of benzene rings is 7. The first kappa shape index (κ1) is 25.6. The first-order chi connectivity index (χ1) is 22.3. The summed E-state index contributed by atoms with van der Waals surface area (Å²) in [6.07, 6.45) is 8.89. The van der Waals surface area contributed by atoms with Crippen LogP contribution in [0.1, 0.15) is 11.1 Å². The second-order valence-corrected chi connectivity index (χ2v) is 11.8. The van der Waals surface area contributed by atoms with E-state index in [-0.39, 0.29) is 6.17 Å². The Kier molecular flexibility index (Phi) is 5.92. The van der Waals surface area contributed by atoms with Crippen molar-refractivity contribution in [3.63, 3.8) is 0 Å². The number of allylic oxidation sites excluding steroid dienone is 2. The third kappa shape index (κ3) is 4.18. The molecule has 7 aromatic rings. The zero-order valence-corrected chi connectivity index (χ0v) is 24.7. The highest BCUT2D eigenvalue weighted by molar-refractivity contribution is 6.23. The van der Waals surface area contributed by atoms with E-state index in [1.54, 1.807) is 0 Å². The fraction of sp³-hybridized carbons (Fsp3) is 0.0233. The van der Waals surface area contributed by atoms with E-state index in [1.165, 1.54) is 71.4 Å². The average molecular weight is 575 g/mol. The Balaban J connectivity index is 1.17. The van der Waals surface area contributed by atoms with Gasteiger partial charge in [0.05, 0.1) is 11.4 Å². The zero-order valence-electron chi connectivity index (χ0n) is 24.7. The predicted octanol–water partition coefficient (Wildman–Crippen LogP) is 10.6. The topological polar surface area (TPSA) is 15.3 Å². The Morgan fingerprint density at radius 3 is 1.76 bits per heavy atom. The summed E-state index contributed by atoms with van der Waals surface area (Å²) in [5, 5.41) is 11.4. The first-order valence-corrected chi connectivity index (χ1v) is 15.6. The third-order valence-corrected chi connectivity index (χ3v) is 9.24. The van der Waals surface area contributed by atoms with Crippen molar-refractivity contribution in [2.24, 2.45) is 0 Å². The molecule has 2 heterocycles. The minimum Gasteiger partial charge on any atom is -0.360 e. The van der Waals surface area contributed by atoms with Crippen molar-refractivity contribution in [1.29, 1.82) is 0 Å². The highest BCUT2D eigenvalue weighted by Crippen LogP contribution is 2.45. The van der Waals surface area contributed by atoms with Crippen molar-refractivity contribution in [1.82, 2.24) is 10.2 Å². The van der Waals surface area contributed by atoms with Gasteiger partial charge in [-0.25, -0.2) is 0 Å². The molecule has 2 aliphatic rings. The Hall–Kier alpha value is -5.86. The number of hydrogen-bond donors (Lipinski definition) is 1. The van der Waals surface area contributed by atoms with Gasteiger partial charge in [-0.15, -0.1) is 0 Å². The molecule has 1 atom stereocenters. The molecule has 2 aliphatic heterocycles. The van der Waals surface area contributed by atoms with Crippen LogP contribution in [-0.2, 0) is 0 Å². The van der Waals surface area contributed by atoms with E-state index in [0.29, 0.717) is 0 Å². The number of hydrogen-bond acceptors (Lipinski definition) is 2. The lowest BCUT2D eigenvalue weighted by molar-refractivity contribution is 0.448. The molecule has 0 aliphatic carbocycles. The van der Waals surface area contributed by atoms with Crippen LogP contribution in [0.5, 0.6) is 0 Å². The highest BCUT2D eigenvalue weighted by Gasteiger charge is 2.27. The molecule has 1 N–H and O–H groups in total. The standard InChI is InChI=1S/C43H30N2/c1-2-13-31(14-3-1)40-22-11-23-41-44-39(28-45(40)41)30-24-26-32(27-25-30)42-35-17-6-8-19-37(35)43(38-20-9-7-18-36(38)42)34-21-10-15-29-12-4-5-16-33(29)34/h1-28,41,44H. The van der Waals surface area contributed by atoms with Crippen LogP contribution in [0.3, 0.4) is 0 Å². The fourth-order valence-corrected chi connectivity index (χ4v) is 7.19. The van der Waals surface area contributed by atoms with E-state index in [4.69, 9.17) is 0 Å². The lowest BCUT2D eigenvalue weighted by atomic mass is 9.84. The number of rotatable bonds is 4. The van der Waals surface area contributed by atoms with Gasteiger partial charge in [0.2, 0.25) is 0 Å². The van der Waals surface area contributed by atoms with Crippen molar-refractivity contribution in [3.05, 3.63) is 181 Å². The van der Waals surface area contributed by atoms with Gasteiger partial charge in [0, 0.05) is 6.20 Å². The second kappa shape index (κ2) is 10.4. The molecular formula is C43H30N2. The van der Waals surface area contributed by atoms with E-state index in [2.05, 4.69) is 180 Å². The van der Waals surface area contributed by atoms with E-state index in [9.17, 15) is 0 Å². The van der Waals surface area contributed by atoms with Gasteiger partial charge in [-0.05, 0) is 77.9 Å². The van der Waals surface area contributed by atoms with Crippen LogP contribution in [0.4, 0.5) is 0 Å². The molecule has 0 aromatic heterocycles. The van der Waals surface area contributed by atoms with Crippen molar-refractivity contribution in [2.45, 2.75) is 6.17 Å². The molecule has 0 fully saturated rings. The Morgan fingerprint density at radius 2 is 1.04 bits per heavy atom. The smallest absolute Gasteiger partial charge is 0.123 e. The van der Waals surface area contributed by atoms with Gasteiger partial charge in [0.15, 0.2) is 0 Å². The molecule has 9 rings (SSSR count). The summed E-state index contributed by atoms with van der Waals surface area (Å²) >= 11 is 0. The molecule has 2 nitrogen and oxygen atoms in total. The van der Waals surface area contributed by atoms with Crippen LogP contribution in [0, 0.1) is 0 Å². The van der Waals surface area contributed by atoms with E-state index >= 15 is 0 Å². The minimum absolute atomic E-state index is 0.106. The van der Waals surface area contributed by atoms with Crippen LogP contribution < -0.4 is 5.32 Å². The molecule has 2 heteroatoms. The van der Waals surface area contributed by atoms with E-state index in [0.717, 1.165) is 5.70 Å². The molecule has 7 aromatic carbocycles. The maximum atomic E-state index is 3.73. The Morgan fingerprint density at radius 1 is 0.467 bits per heavy atom. The summed E-state index contributed by atoms with van der Waals surface area (Å²) in [6.45, 7) is 0. The fourth-order valence-electron chi connectivity index (χ4n) is 7.19. The molecule has 0 spiro atoms. The highest BCUT2D eigenvalue weighted by atomic mass is 15.3. The molecule has 0 amide bonds. The number of nitrogens with one attached hydrogen (secondary N) is 1. The average Bonchev–Trinajstić information content (AvgIpc) is 3.56. The van der Waals surface area contributed by atoms with E-state index in [1.807, 2.05) is 0 Å². The number of fused-ring (bicyclic) bond motifs is 4. The molecule has 45 heavy (non-hydrogen) atoms. The lowest BCUT2D eigenvalue weighted by Crippen LogP contribution is -2.34. The van der Waals surface area contributed by atoms with Crippen molar-refractivity contribution in [3.8, 4) is 22.3 Å². The number of nitrogens with zero attached hydrogens (tertiary/aromatic N) is 1. The quantitative estimate of drug-likeness (QED) is 0.210. The Bertz CT molecular complexity index is 2280. The van der Waals surface area contributed by atoms with Crippen molar-refractivity contribution < 1.29 is 0 Å². The normalized spacial score (nSPS) is 15.6. The monoisotopic (exact) mass is 574 g/mol. The van der Waals surface area contributed by atoms with Crippen molar-refractivity contribution >= 4 is 43.7 Å². The predicted molar refractivity (Wildman–Crippen MR) is 190 cm³/mol. The molecule has 0 saturated heterocycles. The van der Waals surface area contributed by atoms with E-state index < -0.39 is 0 Å². The van der Waals surface area contributed by atoms with Gasteiger partial charge in [0.1, 0.15) is 6.17 Å². The Labute approximate surface area is 262 Å². The molecular weight excluding hydrogens is 544 g/mol. The summed E-state index contributed by atoms with van der Waals surface area (Å²) in [5.74, 6) is 0. The van der Waals surface area contributed by atoms with Crippen LogP contribution in [0.15, 0.2) is 170 Å². The zero-order chi connectivity index (χ0) is 29.7. The molecule has 0 bridgehead atoms. The van der Waals surface area contributed by atoms with Gasteiger partial charge in [-0.3, -0.25) is 0 Å². The van der Waals surface area contributed by atoms with Crippen LogP contribution >= 0.6 is 0 Å². The maximum Gasteiger partial charge on any atom is 0.123 e. The summed E-state index contributed by atoms with van der Waals surface area (Å²) in [4.78, 5) is 2.33. The molecule has 0 saturated carbocycles. The SMILES string of the molecule is C1=CC2NC(c3ccc(-c4c5ccccc5c(-c5cccc6ccccc56)c5ccccc45)cc3)=CN2C(c2ccccc2)=C1.